The van der Waals surface area contributed by atoms with E-state index in [1.54, 1.807) is 15.9 Å². The lowest BCUT2D eigenvalue weighted by Gasteiger charge is -2.31. The van der Waals surface area contributed by atoms with E-state index in [9.17, 15) is 8.78 Å². The molecule has 4 fully saturated rings. The molecule has 13 heteroatoms. The average molecular weight is 651 g/mol. The van der Waals surface area contributed by atoms with Crippen LogP contribution in [0, 0.1) is 29.9 Å². The number of rotatable bonds is 6. The standard InChI is InChI=1S/C34H32F4N6O3/c1-3-20-23(36)6-5-17-11-19(39)12-21(24(17)20)28-27(38)29-25(32(40-28)45-2)31(44-9-10-46-15-22-26(37)30(22)44)42-33(41-29)47-16-34-7-4-8-43(34)14-18(35)13-34/h1,5-6,11-12,18,22,26,30H,4,7-10,13-16,39H2,2H3/t18-,22-,26-,30-,34+/m1/s1/i16D2. The number of hydrogen-bond donors (Lipinski definition) is 1. The number of pyridine rings is 1. The second kappa shape index (κ2) is 11.1. The van der Waals surface area contributed by atoms with Gasteiger partial charge in [0.15, 0.2) is 5.82 Å². The minimum Gasteiger partial charge on any atom is -0.480 e. The zero-order chi connectivity index (χ0) is 34.4. The zero-order valence-corrected chi connectivity index (χ0v) is 25.4. The van der Waals surface area contributed by atoms with E-state index in [0.29, 0.717) is 24.8 Å². The number of alkyl halides is 2. The summed E-state index contributed by atoms with van der Waals surface area (Å²) in [5.74, 6) is 0.0271. The first-order valence-corrected chi connectivity index (χ1v) is 15.5. The lowest BCUT2D eigenvalue weighted by molar-refractivity contribution is 0.107. The molecule has 0 bridgehead atoms. The van der Waals surface area contributed by atoms with Crippen molar-refractivity contribution in [3.63, 3.8) is 0 Å². The molecule has 1 saturated carbocycles. The monoisotopic (exact) mass is 650 g/mol. The van der Waals surface area contributed by atoms with Crippen LogP contribution in [0.2, 0.25) is 0 Å². The average Bonchev–Trinajstić information content (AvgIpc) is 3.42. The third-order valence-electron chi connectivity index (χ3n) is 9.78. The van der Waals surface area contributed by atoms with Crippen LogP contribution in [0.3, 0.4) is 0 Å². The molecule has 9 nitrogen and oxygen atoms in total. The number of nitrogens with two attached hydrogens (primary N) is 1. The molecule has 47 heavy (non-hydrogen) atoms. The van der Waals surface area contributed by atoms with Crippen LogP contribution in [0.4, 0.5) is 29.1 Å². The van der Waals surface area contributed by atoms with Gasteiger partial charge >= 0.3 is 6.01 Å². The summed E-state index contributed by atoms with van der Waals surface area (Å²) in [7, 11) is 1.31. The largest absolute Gasteiger partial charge is 0.480 e. The van der Waals surface area contributed by atoms with Crippen molar-refractivity contribution in [3.05, 3.63) is 41.5 Å². The molecule has 4 aromatic rings. The molecule has 0 spiro atoms. The smallest absolute Gasteiger partial charge is 0.319 e. The van der Waals surface area contributed by atoms with Gasteiger partial charge in [0.2, 0.25) is 5.88 Å². The van der Waals surface area contributed by atoms with E-state index in [1.807, 2.05) is 0 Å². The fourth-order valence-electron chi connectivity index (χ4n) is 7.56. The minimum atomic E-state index is -2.50. The van der Waals surface area contributed by atoms with Crippen molar-refractivity contribution in [2.45, 2.75) is 43.2 Å². The van der Waals surface area contributed by atoms with Crippen LogP contribution in [-0.2, 0) is 4.74 Å². The molecule has 8 rings (SSSR count). The van der Waals surface area contributed by atoms with Crippen molar-refractivity contribution in [3.8, 4) is 35.5 Å². The number of anilines is 2. The zero-order valence-electron chi connectivity index (χ0n) is 27.4. The first-order valence-electron chi connectivity index (χ1n) is 16.5. The summed E-state index contributed by atoms with van der Waals surface area (Å²) >= 11 is 0. The van der Waals surface area contributed by atoms with Gasteiger partial charge in [-0.15, -0.1) is 6.42 Å². The van der Waals surface area contributed by atoms with Gasteiger partial charge in [-0.3, -0.25) is 4.90 Å². The van der Waals surface area contributed by atoms with Crippen molar-refractivity contribution in [1.82, 2.24) is 19.9 Å². The van der Waals surface area contributed by atoms with Crippen molar-refractivity contribution < 1.29 is 34.5 Å². The number of halogens is 4. The first kappa shape index (κ1) is 27.7. The maximum atomic E-state index is 17.1. The molecule has 5 heterocycles. The van der Waals surface area contributed by atoms with Crippen molar-refractivity contribution >= 4 is 33.2 Å². The molecule has 2 N–H and O–H groups in total. The number of nitrogens with zero attached hydrogens (tertiary/aromatic N) is 5. The van der Waals surface area contributed by atoms with Crippen LogP contribution in [0.1, 0.15) is 27.6 Å². The van der Waals surface area contributed by atoms with Gasteiger partial charge in [0.25, 0.3) is 0 Å². The Balaban J connectivity index is 1.37. The summed E-state index contributed by atoms with van der Waals surface area (Å²) < 4.78 is 97.3. The number of methoxy groups -OCH3 is 1. The van der Waals surface area contributed by atoms with Gasteiger partial charge in [0.1, 0.15) is 47.1 Å². The van der Waals surface area contributed by atoms with Crippen LogP contribution in [0.5, 0.6) is 11.9 Å². The third-order valence-corrected chi connectivity index (χ3v) is 9.78. The number of fused-ring (bicyclic) bond motifs is 4. The van der Waals surface area contributed by atoms with E-state index in [4.69, 9.17) is 29.1 Å². The summed E-state index contributed by atoms with van der Waals surface area (Å²) in [4.78, 5) is 16.8. The number of ether oxygens (including phenoxy) is 3. The highest BCUT2D eigenvalue weighted by molar-refractivity contribution is 6.04. The highest BCUT2D eigenvalue weighted by Gasteiger charge is 2.57. The lowest BCUT2D eigenvalue weighted by atomic mass is 9.95. The van der Waals surface area contributed by atoms with Crippen molar-refractivity contribution in [1.29, 1.82) is 0 Å². The molecule has 2 aromatic carbocycles. The number of nitrogen functional groups attached to an aromatic ring is 1. The number of hydrogen-bond acceptors (Lipinski definition) is 9. The Kier molecular flexibility index (Phi) is 6.53. The Morgan fingerprint density at radius 1 is 1.19 bits per heavy atom. The molecule has 1 aliphatic carbocycles. The summed E-state index contributed by atoms with van der Waals surface area (Å²) in [5.41, 5.74) is 4.36. The molecule has 3 aliphatic heterocycles. The highest BCUT2D eigenvalue weighted by Crippen LogP contribution is 2.47. The van der Waals surface area contributed by atoms with Crippen LogP contribution in [0.15, 0.2) is 24.3 Å². The van der Waals surface area contributed by atoms with Gasteiger partial charge in [-0.05, 0) is 43.0 Å². The Morgan fingerprint density at radius 2 is 2.04 bits per heavy atom. The molecule has 0 unspecified atom stereocenters. The van der Waals surface area contributed by atoms with Crippen LogP contribution in [-0.4, -0.2) is 90.3 Å². The minimum absolute atomic E-state index is 0.00890. The van der Waals surface area contributed by atoms with Crippen LogP contribution in [0.25, 0.3) is 32.9 Å². The summed E-state index contributed by atoms with van der Waals surface area (Å²) in [6.45, 7) is -1.37. The van der Waals surface area contributed by atoms with E-state index in [0.717, 1.165) is 0 Å². The normalized spacial score (nSPS) is 28.0. The third kappa shape index (κ3) is 4.71. The molecule has 3 saturated heterocycles. The van der Waals surface area contributed by atoms with Gasteiger partial charge in [-0.2, -0.15) is 9.97 Å². The summed E-state index contributed by atoms with van der Waals surface area (Å²) in [5, 5.41) is 0.602. The quantitative estimate of drug-likeness (QED) is 0.179. The van der Waals surface area contributed by atoms with Gasteiger partial charge in [0.05, 0.1) is 40.2 Å². The predicted molar refractivity (Wildman–Crippen MR) is 168 cm³/mol. The molecule has 0 amide bonds. The second-order valence-electron chi connectivity index (χ2n) is 12.5. The maximum absolute atomic E-state index is 17.1. The highest BCUT2D eigenvalue weighted by atomic mass is 19.1. The molecule has 5 atom stereocenters. The molecule has 4 aliphatic rings. The molecular formula is C34H32F4N6O3. The number of terminal acetylenes is 1. The fraction of sp³-hybridized carbons (Fsp3) is 0.441. The predicted octanol–water partition coefficient (Wildman–Crippen LogP) is 4.82. The van der Waals surface area contributed by atoms with E-state index in [1.165, 1.54) is 25.3 Å². The SMILES string of the molecule is [2H]C([2H])(Oc1nc(N2CCOC[C@@H]3[C@@H](F)[C@@H]32)c2c(OC)nc(-c3cc(N)cc4ccc(F)c(C#C)c34)c(F)c2n1)[C@@]12CCCN1C[C@H](F)C2. The number of aromatic nitrogens is 3. The van der Waals surface area contributed by atoms with E-state index >= 15 is 8.78 Å². The molecule has 0 radical (unpaired) electrons. The topological polar surface area (TPSA) is 98.9 Å². The summed E-state index contributed by atoms with van der Waals surface area (Å²) in [6.07, 6.45) is 4.08. The molecule has 244 valence electrons. The maximum Gasteiger partial charge on any atom is 0.319 e. The molecular weight excluding hydrogens is 616 g/mol. The van der Waals surface area contributed by atoms with Crippen molar-refractivity contribution in [2.24, 2.45) is 5.92 Å². The fourth-order valence-corrected chi connectivity index (χ4v) is 7.56. The molecule has 2 aromatic heterocycles. The van der Waals surface area contributed by atoms with E-state index in [-0.39, 0.29) is 83.2 Å². The Hall–Kier alpha value is -4.41. The van der Waals surface area contributed by atoms with Gasteiger partial charge in [0, 0.05) is 42.1 Å². The first-order chi connectivity index (χ1) is 23.5. The second-order valence-corrected chi connectivity index (χ2v) is 12.5. The van der Waals surface area contributed by atoms with Crippen molar-refractivity contribution in [2.75, 3.05) is 57.2 Å². The van der Waals surface area contributed by atoms with Gasteiger partial charge in [-0.25, -0.2) is 22.5 Å². The summed E-state index contributed by atoms with van der Waals surface area (Å²) in [6, 6.07) is 4.43. The Labute approximate surface area is 270 Å². The van der Waals surface area contributed by atoms with Gasteiger partial charge in [-0.1, -0.05) is 12.0 Å². The number of benzene rings is 2. The lowest BCUT2D eigenvalue weighted by Crippen LogP contribution is -2.43. The van der Waals surface area contributed by atoms with E-state index in [2.05, 4.69) is 20.9 Å². The Morgan fingerprint density at radius 3 is 2.85 bits per heavy atom. The van der Waals surface area contributed by atoms with Crippen LogP contribution < -0.4 is 20.1 Å². The van der Waals surface area contributed by atoms with Crippen LogP contribution >= 0.6 is 0 Å². The Bertz CT molecular complexity index is 2070. The van der Waals surface area contributed by atoms with Gasteiger partial charge < -0.3 is 24.8 Å². The van der Waals surface area contributed by atoms with E-state index < -0.39 is 54.0 Å².